The third-order valence-corrected chi connectivity index (χ3v) is 6.85. The van der Waals surface area contributed by atoms with Crippen LogP contribution in [-0.2, 0) is 11.2 Å². The summed E-state index contributed by atoms with van der Waals surface area (Å²) in [5, 5.41) is 10.1. The molecule has 2 aliphatic heterocycles. The minimum absolute atomic E-state index is 0.0527. The fourth-order valence-electron chi connectivity index (χ4n) is 4.69. The van der Waals surface area contributed by atoms with E-state index < -0.39 is 0 Å². The van der Waals surface area contributed by atoms with Gasteiger partial charge in [0.1, 0.15) is 5.75 Å². The van der Waals surface area contributed by atoms with Crippen LogP contribution < -0.4 is 20.7 Å². The van der Waals surface area contributed by atoms with Gasteiger partial charge in [0.05, 0.1) is 31.9 Å². The Morgan fingerprint density at radius 1 is 1.32 bits per heavy atom. The number of benzene rings is 1. The van der Waals surface area contributed by atoms with E-state index in [9.17, 15) is 4.79 Å². The van der Waals surface area contributed by atoms with Crippen molar-refractivity contribution in [3.8, 4) is 5.75 Å². The molecule has 34 heavy (non-hydrogen) atoms. The van der Waals surface area contributed by atoms with Crippen LogP contribution in [0.1, 0.15) is 53.7 Å². The predicted octanol–water partition coefficient (Wildman–Crippen LogP) is 3.98. The van der Waals surface area contributed by atoms with Gasteiger partial charge in [-0.05, 0) is 79.1 Å². The maximum Gasteiger partial charge on any atom is 0.180 e. The molecule has 0 aliphatic carbocycles. The van der Waals surface area contributed by atoms with Gasteiger partial charge in [0, 0.05) is 25.9 Å². The number of Topliss-reactive ketones (excluding diaryl/α,β-unsaturated/α-hetero) is 1. The summed E-state index contributed by atoms with van der Waals surface area (Å²) in [4.78, 5) is 13.2. The molecule has 0 amide bonds. The number of rotatable bonds is 10. The molecule has 0 saturated carbocycles. The number of hydrogen-bond acceptors (Lipinski definition) is 6. The van der Waals surface area contributed by atoms with E-state index in [-0.39, 0.29) is 24.4 Å². The maximum absolute atomic E-state index is 13.2. The molecule has 2 aliphatic rings. The van der Waals surface area contributed by atoms with E-state index in [1.54, 1.807) is 7.11 Å². The molecule has 1 aromatic carbocycles. The lowest BCUT2D eigenvalue weighted by Crippen LogP contribution is -2.39. The van der Waals surface area contributed by atoms with Crippen LogP contribution in [0, 0.1) is 19.8 Å². The molecule has 6 heteroatoms. The van der Waals surface area contributed by atoms with Gasteiger partial charge < -0.3 is 25.4 Å². The molecule has 2 atom stereocenters. The number of ether oxygens (including phenoxy) is 2. The van der Waals surface area contributed by atoms with Crippen LogP contribution in [0.15, 0.2) is 41.8 Å². The largest absolute Gasteiger partial charge is 0.496 e. The van der Waals surface area contributed by atoms with Gasteiger partial charge in [-0.25, -0.2) is 0 Å². The quantitative estimate of drug-likeness (QED) is 0.452. The van der Waals surface area contributed by atoms with Gasteiger partial charge in [0.2, 0.25) is 0 Å². The number of nitrogens with one attached hydrogen (secondary N) is 3. The zero-order chi connectivity index (χ0) is 24.7. The third-order valence-electron chi connectivity index (χ3n) is 6.85. The Morgan fingerprint density at radius 2 is 2.12 bits per heavy atom. The van der Waals surface area contributed by atoms with Crippen LogP contribution in [0.5, 0.6) is 5.75 Å². The van der Waals surface area contributed by atoms with Gasteiger partial charge in [-0.1, -0.05) is 26.0 Å². The first-order chi connectivity index (χ1) is 16.3. The SMILES string of the molecule is CN/C=C(\C(C)C)C1C=CC(Cc2cc(C(=O)CNC3CCCOC3)c(OC)c(C)c2C)=CN1. The molecule has 0 spiro atoms. The molecule has 1 saturated heterocycles. The van der Waals surface area contributed by atoms with Gasteiger partial charge >= 0.3 is 0 Å². The zero-order valence-electron chi connectivity index (χ0n) is 21.6. The summed E-state index contributed by atoms with van der Waals surface area (Å²) in [6.07, 6.45) is 11.4. The lowest BCUT2D eigenvalue weighted by molar-refractivity contribution is 0.0688. The lowest BCUT2D eigenvalue weighted by Gasteiger charge is -2.25. The number of carbonyl (C=O) groups excluding carboxylic acids is 1. The molecule has 3 N–H and O–H groups in total. The Morgan fingerprint density at radius 3 is 2.71 bits per heavy atom. The second kappa shape index (κ2) is 12.2. The molecule has 3 rings (SSSR count). The van der Waals surface area contributed by atoms with Crippen LogP contribution in [0.2, 0.25) is 0 Å². The van der Waals surface area contributed by atoms with Crippen molar-refractivity contribution in [1.82, 2.24) is 16.0 Å². The van der Waals surface area contributed by atoms with E-state index in [0.717, 1.165) is 42.6 Å². The van der Waals surface area contributed by atoms with E-state index in [4.69, 9.17) is 9.47 Å². The first-order valence-corrected chi connectivity index (χ1v) is 12.4. The Labute approximate surface area is 204 Å². The first kappa shape index (κ1) is 26.0. The standard InChI is InChI=1S/C28H41N3O3/c1-18(2)25(15-29-5)26-10-9-21(14-31-26)12-22-13-24(28(33-6)20(4)19(22)3)27(32)16-30-23-8-7-11-34-17-23/h9-10,13-15,18,23,26,29-31H,7-8,11-12,16-17H2,1-6H3/b25-15+. The average Bonchev–Trinajstić information content (AvgIpc) is 2.84. The highest BCUT2D eigenvalue weighted by Crippen LogP contribution is 2.31. The van der Waals surface area contributed by atoms with Gasteiger partial charge in [-0.3, -0.25) is 4.79 Å². The van der Waals surface area contributed by atoms with Crippen molar-refractivity contribution < 1.29 is 14.3 Å². The second-order valence-electron chi connectivity index (χ2n) is 9.57. The van der Waals surface area contributed by atoms with Crippen molar-refractivity contribution >= 4 is 5.78 Å². The molecule has 1 fully saturated rings. The van der Waals surface area contributed by atoms with E-state index in [0.29, 0.717) is 23.8 Å². The molecule has 6 nitrogen and oxygen atoms in total. The van der Waals surface area contributed by atoms with Crippen molar-refractivity contribution in [2.45, 2.75) is 59.0 Å². The van der Waals surface area contributed by atoms with Gasteiger partial charge in [-0.15, -0.1) is 0 Å². The lowest BCUT2D eigenvalue weighted by atomic mass is 9.90. The Kier molecular flexibility index (Phi) is 9.36. The number of ketones is 1. The van der Waals surface area contributed by atoms with Crippen LogP contribution in [0.25, 0.3) is 0 Å². The van der Waals surface area contributed by atoms with Crippen LogP contribution in [-0.4, -0.2) is 51.8 Å². The summed E-state index contributed by atoms with van der Waals surface area (Å²) in [5.41, 5.74) is 6.48. The summed E-state index contributed by atoms with van der Waals surface area (Å²) in [6.45, 7) is 10.3. The normalized spacial score (nSPS) is 20.7. The van der Waals surface area contributed by atoms with E-state index in [1.165, 1.54) is 11.1 Å². The molecule has 0 bridgehead atoms. The van der Waals surface area contributed by atoms with Gasteiger partial charge in [0.25, 0.3) is 0 Å². The highest BCUT2D eigenvalue weighted by Gasteiger charge is 2.22. The summed E-state index contributed by atoms with van der Waals surface area (Å²) >= 11 is 0. The molecule has 2 heterocycles. The Hall–Kier alpha value is -2.57. The molecule has 186 valence electrons. The summed E-state index contributed by atoms with van der Waals surface area (Å²) in [7, 11) is 3.57. The second-order valence-corrected chi connectivity index (χ2v) is 9.57. The van der Waals surface area contributed by atoms with Gasteiger partial charge in [0.15, 0.2) is 5.78 Å². The topological polar surface area (TPSA) is 71.6 Å². The minimum Gasteiger partial charge on any atom is -0.496 e. The smallest absolute Gasteiger partial charge is 0.180 e. The predicted molar refractivity (Wildman–Crippen MR) is 138 cm³/mol. The fraction of sp³-hybridized carbons (Fsp3) is 0.536. The number of hydrogen-bond donors (Lipinski definition) is 3. The van der Waals surface area contributed by atoms with Crippen molar-refractivity contribution in [3.63, 3.8) is 0 Å². The van der Waals surface area contributed by atoms with Crippen molar-refractivity contribution in [1.29, 1.82) is 0 Å². The van der Waals surface area contributed by atoms with Crippen molar-refractivity contribution in [3.05, 3.63) is 64.0 Å². The highest BCUT2D eigenvalue weighted by atomic mass is 16.5. The Bertz CT molecular complexity index is 956. The maximum atomic E-state index is 13.2. The number of allylic oxidation sites excluding steroid dienone is 2. The van der Waals surface area contributed by atoms with Crippen LogP contribution in [0.3, 0.4) is 0 Å². The minimum atomic E-state index is 0.0527. The first-order valence-electron chi connectivity index (χ1n) is 12.4. The van der Waals surface area contributed by atoms with E-state index in [2.05, 4.69) is 61.3 Å². The molecule has 0 aromatic heterocycles. The molecule has 0 radical (unpaired) electrons. The molecular weight excluding hydrogens is 426 g/mol. The van der Waals surface area contributed by atoms with Crippen LogP contribution >= 0.6 is 0 Å². The summed E-state index contributed by atoms with van der Waals surface area (Å²) in [6, 6.07) is 2.44. The average molecular weight is 468 g/mol. The molecular formula is C28H41N3O3. The molecule has 2 unspecified atom stereocenters. The molecule has 1 aromatic rings. The van der Waals surface area contributed by atoms with E-state index >= 15 is 0 Å². The number of methoxy groups -OCH3 is 1. The summed E-state index contributed by atoms with van der Waals surface area (Å²) in [5.74, 6) is 1.17. The van der Waals surface area contributed by atoms with Crippen molar-refractivity contribution in [2.75, 3.05) is 33.9 Å². The van der Waals surface area contributed by atoms with Crippen molar-refractivity contribution in [2.24, 2.45) is 5.92 Å². The monoisotopic (exact) mass is 467 g/mol. The zero-order valence-corrected chi connectivity index (χ0v) is 21.6. The number of dihydropyridines is 1. The fourth-order valence-corrected chi connectivity index (χ4v) is 4.69. The number of carbonyl (C=O) groups is 1. The van der Waals surface area contributed by atoms with E-state index in [1.807, 2.05) is 20.0 Å². The Balaban J connectivity index is 1.76. The van der Waals surface area contributed by atoms with Crippen LogP contribution in [0.4, 0.5) is 0 Å². The summed E-state index contributed by atoms with van der Waals surface area (Å²) < 4.78 is 11.2. The third kappa shape index (κ3) is 6.30. The highest BCUT2D eigenvalue weighted by molar-refractivity contribution is 6.01. The van der Waals surface area contributed by atoms with Gasteiger partial charge in [-0.2, -0.15) is 0 Å².